The summed E-state index contributed by atoms with van der Waals surface area (Å²) < 4.78 is 68.6. The highest BCUT2D eigenvalue weighted by atomic mass is 31.2. The lowest BCUT2D eigenvalue weighted by molar-refractivity contribution is -0.161. The molecule has 0 saturated carbocycles. The number of carbonyl (C=O) groups excluding carboxylic acids is 4. The van der Waals surface area contributed by atoms with E-state index in [1.165, 1.54) is 193 Å². The molecule has 0 spiro atoms. The molecule has 19 heteroatoms. The number of esters is 4. The number of carbonyl (C=O) groups is 4. The Balaban J connectivity index is 5.26. The zero-order valence-corrected chi connectivity index (χ0v) is 64.8. The summed E-state index contributed by atoms with van der Waals surface area (Å²) in [5.74, 6) is 0.968. The minimum absolute atomic E-state index is 0.105. The van der Waals surface area contributed by atoms with Crippen molar-refractivity contribution in [2.75, 3.05) is 39.6 Å². The fourth-order valence-corrected chi connectivity index (χ4v) is 13.3. The van der Waals surface area contributed by atoms with Gasteiger partial charge in [0.05, 0.1) is 26.4 Å². The van der Waals surface area contributed by atoms with Crippen LogP contribution in [0.25, 0.3) is 0 Å². The van der Waals surface area contributed by atoms with E-state index in [-0.39, 0.29) is 25.7 Å². The average molecular weight is 1410 g/mol. The molecule has 0 aromatic heterocycles. The van der Waals surface area contributed by atoms with Crippen molar-refractivity contribution in [2.45, 2.75) is 408 Å². The van der Waals surface area contributed by atoms with Crippen LogP contribution in [0.4, 0.5) is 0 Å². The lowest BCUT2D eigenvalue weighted by Crippen LogP contribution is -2.30. The Bertz CT molecular complexity index is 1890. The number of unbranched alkanes of at least 4 members (excludes halogenated alkanes) is 39. The van der Waals surface area contributed by atoms with Crippen LogP contribution in [0.1, 0.15) is 389 Å². The Labute approximate surface area is 588 Å². The van der Waals surface area contributed by atoms with Crippen LogP contribution in [-0.4, -0.2) is 96.7 Å². The molecule has 0 heterocycles. The second kappa shape index (κ2) is 66.3. The normalized spacial score (nSPS) is 14.4. The minimum Gasteiger partial charge on any atom is -0.462 e. The highest BCUT2D eigenvalue weighted by Crippen LogP contribution is 2.45. The molecular weight excluding hydrogens is 1260 g/mol. The molecule has 0 amide bonds. The second-order valence-electron chi connectivity index (χ2n) is 29.4. The van der Waals surface area contributed by atoms with Crippen molar-refractivity contribution in [3.8, 4) is 0 Å². The van der Waals surface area contributed by atoms with E-state index in [2.05, 4.69) is 55.4 Å². The van der Waals surface area contributed by atoms with Crippen molar-refractivity contribution in [3.05, 3.63) is 0 Å². The van der Waals surface area contributed by atoms with Gasteiger partial charge in [0.25, 0.3) is 0 Å². The van der Waals surface area contributed by atoms with Crippen LogP contribution >= 0.6 is 15.6 Å². The Morgan fingerprint density at radius 1 is 0.292 bits per heavy atom. The number of phosphoric ester groups is 2. The van der Waals surface area contributed by atoms with Crippen LogP contribution in [0, 0.1) is 23.7 Å². The van der Waals surface area contributed by atoms with Crippen molar-refractivity contribution < 1.29 is 80.2 Å². The van der Waals surface area contributed by atoms with Crippen molar-refractivity contribution in [1.82, 2.24) is 0 Å². The van der Waals surface area contributed by atoms with Gasteiger partial charge in [-0.3, -0.25) is 37.3 Å². The molecule has 0 radical (unpaired) electrons. The van der Waals surface area contributed by atoms with E-state index in [0.717, 1.165) is 114 Å². The van der Waals surface area contributed by atoms with Gasteiger partial charge in [-0.05, 0) is 49.4 Å². The summed E-state index contributed by atoms with van der Waals surface area (Å²) >= 11 is 0. The zero-order valence-electron chi connectivity index (χ0n) is 63.0. The summed E-state index contributed by atoms with van der Waals surface area (Å²) in [6.07, 6.45) is 51.3. The van der Waals surface area contributed by atoms with Gasteiger partial charge in [-0.15, -0.1) is 0 Å². The van der Waals surface area contributed by atoms with Gasteiger partial charge < -0.3 is 33.8 Å². The van der Waals surface area contributed by atoms with Crippen molar-refractivity contribution in [1.29, 1.82) is 0 Å². The first-order valence-corrected chi connectivity index (χ1v) is 42.7. The van der Waals surface area contributed by atoms with Crippen LogP contribution in [0.5, 0.6) is 0 Å². The number of aliphatic hydroxyl groups excluding tert-OH is 1. The number of ether oxygens (including phenoxy) is 4. The van der Waals surface area contributed by atoms with Crippen LogP contribution in [0.2, 0.25) is 0 Å². The summed E-state index contributed by atoms with van der Waals surface area (Å²) in [6, 6.07) is 0. The molecule has 570 valence electrons. The van der Waals surface area contributed by atoms with Crippen LogP contribution in [-0.2, 0) is 65.4 Å². The molecule has 3 N–H and O–H groups in total. The molecule has 0 aliphatic carbocycles. The second-order valence-corrected chi connectivity index (χ2v) is 32.3. The van der Waals surface area contributed by atoms with Gasteiger partial charge in [-0.25, -0.2) is 9.13 Å². The maximum atomic E-state index is 13.1. The van der Waals surface area contributed by atoms with Gasteiger partial charge in [0.1, 0.15) is 19.3 Å². The van der Waals surface area contributed by atoms with Crippen molar-refractivity contribution in [3.63, 3.8) is 0 Å². The van der Waals surface area contributed by atoms with Gasteiger partial charge >= 0.3 is 39.5 Å². The maximum Gasteiger partial charge on any atom is 0.472 e. The van der Waals surface area contributed by atoms with Crippen molar-refractivity contribution >= 4 is 39.5 Å². The fourth-order valence-electron chi connectivity index (χ4n) is 11.7. The number of rotatable bonds is 74. The third-order valence-corrected chi connectivity index (χ3v) is 20.1. The third-order valence-electron chi connectivity index (χ3n) is 18.2. The highest BCUT2D eigenvalue weighted by Gasteiger charge is 2.30. The van der Waals surface area contributed by atoms with E-state index in [1.807, 2.05) is 0 Å². The van der Waals surface area contributed by atoms with E-state index in [0.29, 0.717) is 25.7 Å². The van der Waals surface area contributed by atoms with Crippen LogP contribution < -0.4 is 0 Å². The Morgan fingerprint density at radius 3 is 0.740 bits per heavy atom. The zero-order chi connectivity index (χ0) is 71.0. The minimum atomic E-state index is -4.96. The van der Waals surface area contributed by atoms with Gasteiger partial charge in [0, 0.05) is 25.7 Å². The van der Waals surface area contributed by atoms with E-state index >= 15 is 0 Å². The lowest BCUT2D eigenvalue weighted by Gasteiger charge is -2.21. The molecule has 3 unspecified atom stereocenters. The van der Waals surface area contributed by atoms with E-state index < -0.39 is 97.5 Å². The molecule has 0 rings (SSSR count). The van der Waals surface area contributed by atoms with E-state index in [4.69, 9.17) is 37.0 Å². The maximum absolute atomic E-state index is 13.1. The first kappa shape index (κ1) is 94.1. The molecule has 0 aromatic carbocycles. The number of phosphoric acid groups is 2. The van der Waals surface area contributed by atoms with Gasteiger partial charge in [-0.1, -0.05) is 338 Å². The van der Waals surface area contributed by atoms with Gasteiger partial charge in [0.2, 0.25) is 0 Å². The summed E-state index contributed by atoms with van der Waals surface area (Å²) in [5, 5.41) is 10.6. The Morgan fingerprint density at radius 2 is 0.500 bits per heavy atom. The first-order chi connectivity index (χ1) is 46.1. The average Bonchev–Trinajstić information content (AvgIpc) is 3.59. The van der Waals surface area contributed by atoms with E-state index in [9.17, 15) is 43.2 Å². The molecule has 0 fully saturated rings. The van der Waals surface area contributed by atoms with Crippen molar-refractivity contribution in [2.24, 2.45) is 23.7 Å². The molecule has 0 bridgehead atoms. The highest BCUT2D eigenvalue weighted by molar-refractivity contribution is 7.47. The monoisotopic (exact) mass is 1410 g/mol. The summed E-state index contributed by atoms with van der Waals surface area (Å²) in [4.78, 5) is 72.9. The Hall–Kier alpha value is -1.94. The summed E-state index contributed by atoms with van der Waals surface area (Å²) in [5.41, 5.74) is 0. The smallest absolute Gasteiger partial charge is 0.462 e. The van der Waals surface area contributed by atoms with Gasteiger partial charge in [-0.2, -0.15) is 0 Å². The molecule has 0 saturated heterocycles. The predicted octanol–water partition coefficient (Wildman–Crippen LogP) is 22.4. The summed E-state index contributed by atoms with van der Waals surface area (Å²) in [7, 11) is -9.92. The third kappa shape index (κ3) is 69.2. The number of aliphatic hydroxyl groups is 1. The number of hydrogen-bond acceptors (Lipinski definition) is 15. The molecule has 96 heavy (non-hydrogen) atoms. The predicted molar refractivity (Wildman–Crippen MR) is 391 cm³/mol. The van der Waals surface area contributed by atoms with E-state index in [1.54, 1.807) is 0 Å². The lowest BCUT2D eigenvalue weighted by atomic mass is 9.99. The quantitative estimate of drug-likeness (QED) is 0.0222. The molecule has 0 aromatic rings. The summed E-state index contributed by atoms with van der Waals surface area (Å²) in [6.45, 7) is 14.2. The largest absolute Gasteiger partial charge is 0.472 e. The molecular formula is C77H150O17P2. The first-order valence-electron chi connectivity index (χ1n) is 39.7. The fraction of sp³-hybridized carbons (Fsp3) is 0.948. The van der Waals surface area contributed by atoms with Gasteiger partial charge in [0.15, 0.2) is 12.2 Å². The topological polar surface area (TPSA) is 237 Å². The molecule has 0 aliphatic rings. The number of hydrogen-bond donors (Lipinski definition) is 3. The SMILES string of the molecule is CCC(C)CCCCCCCCCCC(=O)OC[C@H](COP(=O)(O)OC[C@H](O)COP(=O)(O)OC[C@@H](COC(=O)CCCCCCCCCCCCCC(C)C)OC(=O)CCCCCCCCCCCCCCCCCC(C)C)OC(=O)CCCCCCCCCCCC(C)C. The van der Waals surface area contributed by atoms with Crippen LogP contribution in [0.15, 0.2) is 0 Å². The molecule has 0 aliphatic heterocycles. The Kier molecular flexibility index (Phi) is 65.0. The molecule has 6 atom stereocenters. The van der Waals surface area contributed by atoms with Crippen LogP contribution in [0.3, 0.4) is 0 Å². The standard InChI is InChI=1S/C77H150O17P2/c1-9-70(8)56-48-40-32-27-28-34-42-50-58-75(80)88-64-73(94-77(82)60-52-44-36-26-20-23-31-39-47-55-69(6)7)66-92-96(85,86)90-62-71(78)61-89-95(83,84)91-65-72(63-87-74(79)57-49-41-33-24-19-15-17-22-30-38-46-54-68(4)5)93-76(81)59-51-43-35-25-18-14-12-10-11-13-16-21-29-37-45-53-67(2)3/h67-73,78H,9-66H2,1-8H3,(H,83,84)(H,85,86)/t70?,71-,72-,73-/m1/s1. The molecule has 17 nitrogen and oxygen atoms in total.